The smallest absolute Gasteiger partial charge is 0.328 e. The zero-order valence-electron chi connectivity index (χ0n) is 7.43. The number of nitrogens with two attached hydrogens (primary N) is 1. The van der Waals surface area contributed by atoms with Gasteiger partial charge in [-0.3, -0.25) is 4.68 Å². The summed E-state index contributed by atoms with van der Waals surface area (Å²) in [5, 5.41) is 3.88. The fourth-order valence-corrected chi connectivity index (χ4v) is 0.937. The summed E-state index contributed by atoms with van der Waals surface area (Å²) >= 11 is 0. The van der Waals surface area contributed by atoms with E-state index in [0.717, 1.165) is 0 Å². The highest BCUT2D eigenvalue weighted by atomic mass is 35.5. The number of hydrogen-bond acceptors (Lipinski definition) is 4. The molecule has 0 saturated heterocycles. The van der Waals surface area contributed by atoms with Crippen LogP contribution < -0.4 is 5.73 Å². The number of halogens is 1. The van der Waals surface area contributed by atoms with Gasteiger partial charge < -0.3 is 10.5 Å². The molecule has 0 aliphatic carbocycles. The summed E-state index contributed by atoms with van der Waals surface area (Å²) in [7, 11) is 3.02. The predicted octanol–water partition coefficient (Wildman–Crippen LogP) is 0.0147. The molecule has 1 heterocycles. The third-order valence-electron chi connectivity index (χ3n) is 1.63. The highest BCUT2D eigenvalue weighted by Crippen LogP contribution is 2.08. The van der Waals surface area contributed by atoms with Gasteiger partial charge in [0.2, 0.25) is 0 Å². The molecule has 0 saturated carbocycles. The van der Waals surface area contributed by atoms with Gasteiger partial charge in [0.05, 0.1) is 12.8 Å². The van der Waals surface area contributed by atoms with Crippen molar-refractivity contribution in [2.24, 2.45) is 12.8 Å². The van der Waals surface area contributed by atoms with Crippen molar-refractivity contribution in [1.29, 1.82) is 0 Å². The molecule has 0 radical (unpaired) electrons. The standard InChI is InChI=1S/C7H11N3O2.ClH/c1-10-5(3-4-9-10)6(8)7(11)12-2;/h3-4,6H,8H2,1-2H3;1H. The maximum Gasteiger partial charge on any atom is 0.328 e. The Morgan fingerprint density at radius 2 is 2.38 bits per heavy atom. The van der Waals surface area contributed by atoms with Gasteiger partial charge >= 0.3 is 5.97 Å². The van der Waals surface area contributed by atoms with Gasteiger partial charge in [-0.15, -0.1) is 12.4 Å². The largest absolute Gasteiger partial charge is 0.468 e. The lowest BCUT2D eigenvalue weighted by Crippen LogP contribution is -2.24. The van der Waals surface area contributed by atoms with Gasteiger partial charge in [-0.1, -0.05) is 0 Å². The second-order valence-electron chi connectivity index (χ2n) is 2.38. The van der Waals surface area contributed by atoms with Gasteiger partial charge in [0.1, 0.15) is 6.04 Å². The van der Waals surface area contributed by atoms with Crippen molar-refractivity contribution in [3.8, 4) is 0 Å². The van der Waals surface area contributed by atoms with Crippen LogP contribution in [0.25, 0.3) is 0 Å². The first-order valence-electron chi connectivity index (χ1n) is 3.48. The Bertz CT molecular complexity index is 287. The Balaban J connectivity index is 0.00000144. The number of carbonyl (C=O) groups is 1. The number of aryl methyl sites for hydroxylation is 1. The SMILES string of the molecule is COC(=O)C(N)c1ccnn1C.Cl. The van der Waals surface area contributed by atoms with Crippen LogP contribution in [-0.2, 0) is 16.6 Å². The topological polar surface area (TPSA) is 70.1 Å². The molecular formula is C7H12ClN3O2. The van der Waals surface area contributed by atoms with Crippen molar-refractivity contribution >= 4 is 18.4 Å². The molecule has 0 bridgehead atoms. The molecule has 13 heavy (non-hydrogen) atoms. The minimum absolute atomic E-state index is 0. The van der Waals surface area contributed by atoms with Gasteiger partial charge in [-0.25, -0.2) is 4.79 Å². The highest BCUT2D eigenvalue weighted by molar-refractivity contribution is 5.85. The summed E-state index contributed by atoms with van der Waals surface area (Å²) in [6, 6.07) is 0.934. The zero-order valence-corrected chi connectivity index (χ0v) is 8.25. The number of carbonyl (C=O) groups excluding carboxylic acids is 1. The Hall–Kier alpha value is -1.07. The lowest BCUT2D eigenvalue weighted by atomic mass is 10.2. The molecule has 0 fully saturated rings. The van der Waals surface area contributed by atoms with Crippen LogP contribution in [0, 0.1) is 0 Å². The summed E-state index contributed by atoms with van der Waals surface area (Å²) < 4.78 is 6.03. The first-order valence-corrected chi connectivity index (χ1v) is 3.48. The van der Waals surface area contributed by atoms with Crippen LogP contribution in [-0.4, -0.2) is 22.9 Å². The van der Waals surface area contributed by atoms with Crippen LogP contribution in [0.2, 0.25) is 0 Å². The average Bonchev–Trinajstić information content (AvgIpc) is 2.48. The normalized spacial score (nSPS) is 11.6. The lowest BCUT2D eigenvalue weighted by Gasteiger charge is -2.08. The predicted molar refractivity (Wildman–Crippen MR) is 49.4 cm³/mol. The average molecular weight is 206 g/mol. The fourth-order valence-electron chi connectivity index (χ4n) is 0.937. The van der Waals surface area contributed by atoms with Crippen molar-refractivity contribution < 1.29 is 9.53 Å². The van der Waals surface area contributed by atoms with E-state index in [-0.39, 0.29) is 12.4 Å². The molecule has 1 atom stereocenters. The van der Waals surface area contributed by atoms with Crippen molar-refractivity contribution in [2.45, 2.75) is 6.04 Å². The van der Waals surface area contributed by atoms with Crippen molar-refractivity contribution in [3.63, 3.8) is 0 Å². The van der Waals surface area contributed by atoms with E-state index in [2.05, 4.69) is 9.84 Å². The molecule has 1 aromatic heterocycles. The van der Waals surface area contributed by atoms with Crippen molar-refractivity contribution in [3.05, 3.63) is 18.0 Å². The van der Waals surface area contributed by atoms with E-state index in [0.29, 0.717) is 5.69 Å². The third-order valence-corrected chi connectivity index (χ3v) is 1.63. The first-order chi connectivity index (χ1) is 5.66. The van der Waals surface area contributed by atoms with E-state index in [1.165, 1.54) is 7.11 Å². The van der Waals surface area contributed by atoms with Crippen LogP contribution in [0.5, 0.6) is 0 Å². The minimum Gasteiger partial charge on any atom is -0.468 e. The summed E-state index contributed by atoms with van der Waals surface area (Å²) in [5.74, 6) is -0.460. The fraction of sp³-hybridized carbons (Fsp3) is 0.429. The molecule has 1 rings (SSSR count). The Labute approximate surface area is 82.3 Å². The number of ether oxygens (including phenoxy) is 1. The third kappa shape index (κ3) is 2.43. The van der Waals surface area contributed by atoms with Crippen LogP contribution in [0.1, 0.15) is 11.7 Å². The zero-order chi connectivity index (χ0) is 9.14. The summed E-state index contributed by atoms with van der Waals surface area (Å²) in [5.41, 5.74) is 6.20. The van der Waals surface area contributed by atoms with Gasteiger partial charge in [-0.2, -0.15) is 5.10 Å². The molecule has 0 aliphatic rings. The molecule has 0 amide bonds. The van der Waals surface area contributed by atoms with Crippen LogP contribution >= 0.6 is 12.4 Å². The van der Waals surface area contributed by atoms with E-state index >= 15 is 0 Å². The van der Waals surface area contributed by atoms with Crippen LogP contribution in [0.4, 0.5) is 0 Å². The molecule has 0 spiro atoms. The number of rotatable bonds is 2. The van der Waals surface area contributed by atoms with E-state index in [1.807, 2.05) is 0 Å². The molecule has 0 aromatic carbocycles. The van der Waals surface area contributed by atoms with E-state index in [1.54, 1.807) is 24.0 Å². The highest BCUT2D eigenvalue weighted by Gasteiger charge is 2.18. The summed E-state index contributed by atoms with van der Waals surface area (Å²) in [6.45, 7) is 0. The minimum atomic E-state index is -0.748. The molecule has 74 valence electrons. The Morgan fingerprint density at radius 3 is 2.77 bits per heavy atom. The number of hydrogen-bond donors (Lipinski definition) is 1. The van der Waals surface area contributed by atoms with E-state index in [4.69, 9.17) is 5.73 Å². The molecule has 5 nitrogen and oxygen atoms in total. The second kappa shape index (κ2) is 4.84. The van der Waals surface area contributed by atoms with Crippen molar-refractivity contribution in [1.82, 2.24) is 9.78 Å². The molecule has 0 aliphatic heterocycles. The molecule has 1 aromatic rings. The maximum absolute atomic E-state index is 11.0. The lowest BCUT2D eigenvalue weighted by molar-refractivity contribution is -0.142. The quantitative estimate of drug-likeness (QED) is 0.691. The van der Waals surface area contributed by atoms with Crippen LogP contribution in [0.15, 0.2) is 12.3 Å². The summed E-state index contributed by atoms with van der Waals surface area (Å²) in [6.07, 6.45) is 1.58. The number of nitrogens with zero attached hydrogens (tertiary/aromatic N) is 2. The van der Waals surface area contributed by atoms with Gasteiger partial charge in [0.15, 0.2) is 0 Å². The molecule has 2 N–H and O–H groups in total. The van der Waals surface area contributed by atoms with Crippen molar-refractivity contribution in [2.75, 3.05) is 7.11 Å². The maximum atomic E-state index is 11.0. The molecule has 6 heteroatoms. The number of esters is 1. The van der Waals surface area contributed by atoms with Gasteiger partial charge in [0, 0.05) is 13.2 Å². The Morgan fingerprint density at radius 1 is 1.77 bits per heavy atom. The first kappa shape index (κ1) is 11.9. The monoisotopic (exact) mass is 205 g/mol. The van der Waals surface area contributed by atoms with E-state index in [9.17, 15) is 4.79 Å². The summed E-state index contributed by atoms with van der Waals surface area (Å²) in [4.78, 5) is 11.0. The van der Waals surface area contributed by atoms with E-state index < -0.39 is 12.0 Å². The van der Waals surface area contributed by atoms with Gasteiger partial charge in [-0.05, 0) is 6.07 Å². The second-order valence-corrected chi connectivity index (χ2v) is 2.38. The van der Waals surface area contributed by atoms with Crippen LogP contribution in [0.3, 0.4) is 0 Å². The van der Waals surface area contributed by atoms with Gasteiger partial charge in [0.25, 0.3) is 0 Å². The number of methoxy groups -OCH3 is 1. The molecule has 1 unspecified atom stereocenters. The Kier molecular flexibility index (Phi) is 4.44. The number of aromatic nitrogens is 2. The molecular weight excluding hydrogens is 194 g/mol.